The van der Waals surface area contributed by atoms with Gasteiger partial charge in [0.1, 0.15) is 5.75 Å². The first-order chi connectivity index (χ1) is 7.85. The van der Waals surface area contributed by atoms with E-state index < -0.39 is 0 Å². The number of fused-ring (bicyclic) bond motifs is 1. The molecule has 0 aliphatic rings. The molecule has 0 amide bonds. The molecule has 1 aromatic carbocycles. The Morgan fingerprint density at radius 2 is 1.94 bits per heavy atom. The number of halogens is 1. The Kier molecular flexibility index (Phi) is 3.00. The Labute approximate surface area is 106 Å². The molecule has 0 fully saturated rings. The molecule has 2 rings (SSSR count). The molecule has 0 bridgehead atoms. The fourth-order valence-electron chi connectivity index (χ4n) is 1.81. The molecule has 0 unspecified atom stereocenters. The normalized spacial score (nSPS) is 12.0. The molecule has 0 aliphatic heterocycles. The van der Waals surface area contributed by atoms with E-state index in [-0.39, 0.29) is 11.2 Å². The van der Waals surface area contributed by atoms with E-state index in [4.69, 9.17) is 11.6 Å². The average molecular weight is 250 g/mol. The molecule has 1 heterocycles. The van der Waals surface area contributed by atoms with E-state index in [2.05, 4.69) is 25.8 Å². The minimum Gasteiger partial charge on any atom is -0.506 e. The van der Waals surface area contributed by atoms with E-state index >= 15 is 0 Å². The number of aromatic hydroxyl groups is 1. The van der Waals surface area contributed by atoms with Crippen LogP contribution in [0.3, 0.4) is 0 Å². The standard InChI is InChI=1S/C14H16ClNO/c1-14(2,3)8-12-13(17)7-9-6-10(15)4-5-11(9)16-12/h4-7,17H,8H2,1-3H3. The lowest BCUT2D eigenvalue weighted by atomic mass is 9.90. The highest BCUT2D eigenvalue weighted by Gasteiger charge is 2.16. The quantitative estimate of drug-likeness (QED) is 0.822. The Balaban J connectivity index is 2.52. The minimum atomic E-state index is 0.102. The molecule has 0 saturated heterocycles. The third kappa shape index (κ3) is 2.89. The molecule has 2 aromatic rings. The topological polar surface area (TPSA) is 33.1 Å². The first-order valence-electron chi connectivity index (χ1n) is 5.63. The summed E-state index contributed by atoms with van der Waals surface area (Å²) >= 11 is 5.91. The second kappa shape index (κ2) is 4.19. The van der Waals surface area contributed by atoms with Crippen molar-refractivity contribution < 1.29 is 5.11 Å². The van der Waals surface area contributed by atoms with Crippen molar-refractivity contribution in [2.45, 2.75) is 27.2 Å². The monoisotopic (exact) mass is 249 g/mol. The Morgan fingerprint density at radius 3 is 2.59 bits per heavy atom. The molecule has 90 valence electrons. The zero-order chi connectivity index (χ0) is 12.6. The Morgan fingerprint density at radius 1 is 1.24 bits per heavy atom. The van der Waals surface area contributed by atoms with Crippen molar-refractivity contribution in [3.05, 3.63) is 35.0 Å². The van der Waals surface area contributed by atoms with Gasteiger partial charge in [-0.1, -0.05) is 32.4 Å². The highest BCUT2D eigenvalue weighted by atomic mass is 35.5. The van der Waals surface area contributed by atoms with Gasteiger partial charge in [-0.15, -0.1) is 0 Å². The van der Waals surface area contributed by atoms with E-state index in [0.717, 1.165) is 23.0 Å². The molecule has 0 aliphatic carbocycles. The third-order valence-corrected chi connectivity index (χ3v) is 2.77. The highest BCUT2D eigenvalue weighted by Crippen LogP contribution is 2.29. The number of nitrogens with zero attached hydrogens (tertiary/aromatic N) is 1. The summed E-state index contributed by atoms with van der Waals surface area (Å²) in [6.07, 6.45) is 0.747. The largest absolute Gasteiger partial charge is 0.506 e. The molecule has 2 nitrogen and oxygen atoms in total. The van der Waals surface area contributed by atoms with Crippen molar-refractivity contribution in [2.75, 3.05) is 0 Å². The molecule has 0 spiro atoms. The SMILES string of the molecule is CC(C)(C)Cc1nc2ccc(Cl)cc2cc1O. The number of pyridine rings is 1. The van der Waals surface area contributed by atoms with Gasteiger partial charge in [-0.2, -0.15) is 0 Å². The lowest BCUT2D eigenvalue weighted by Crippen LogP contribution is -2.10. The van der Waals surface area contributed by atoms with E-state index in [9.17, 15) is 5.11 Å². The van der Waals surface area contributed by atoms with Crippen LogP contribution in [-0.2, 0) is 6.42 Å². The molecular weight excluding hydrogens is 234 g/mol. The van der Waals surface area contributed by atoms with Gasteiger partial charge in [-0.3, -0.25) is 0 Å². The van der Waals surface area contributed by atoms with Gasteiger partial charge in [0.25, 0.3) is 0 Å². The lowest BCUT2D eigenvalue weighted by Gasteiger charge is -2.18. The van der Waals surface area contributed by atoms with Crippen molar-refractivity contribution in [1.82, 2.24) is 4.98 Å². The Hall–Kier alpha value is -1.28. The molecule has 1 N–H and O–H groups in total. The zero-order valence-corrected chi connectivity index (χ0v) is 11.0. The summed E-state index contributed by atoms with van der Waals surface area (Å²) in [4.78, 5) is 4.49. The summed E-state index contributed by atoms with van der Waals surface area (Å²) in [6.45, 7) is 6.38. The highest BCUT2D eigenvalue weighted by molar-refractivity contribution is 6.31. The van der Waals surface area contributed by atoms with Gasteiger partial charge < -0.3 is 5.11 Å². The number of aromatic nitrogens is 1. The van der Waals surface area contributed by atoms with Crippen LogP contribution in [0.4, 0.5) is 0 Å². The first-order valence-corrected chi connectivity index (χ1v) is 6.01. The van der Waals surface area contributed by atoms with Crippen LogP contribution in [0.25, 0.3) is 10.9 Å². The van der Waals surface area contributed by atoms with E-state index in [1.807, 2.05) is 18.2 Å². The summed E-state index contributed by atoms with van der Waals surface area (Å²) in [7, 11) is 0. The van der Waals surface area contributed by atoms with Crippen molar-refractivity contribution in [2.24, 2.45) is 5.41 Å². The van der Waals surface area contributed by atoms with Gasteiger partial charge in [-0.25, -0.2) is 4.98 Å². The lowest BCUT2D eigenvalue weighted by molar-refractivity contribution is 0.389. The minimum absolute atomic E-state index is 0.102. The fraction of sp³-hybridized carbons (Fsp3) is 0.357. The van der Waals surface area contributed by atoms with Crippen LogP contribution < -0.4 is 0 Å². The zero-order valence-electron chi connectivity index (χ0n) is 10.3. The Bertz CT molecular complexity index is 558. The van der Waals surface area contributed by atoms with E-state index in [1.165, 1.54) is 0 Å². The number of rotatable bonds is 1. The first kappa shape index (κ1) is 12.2. The summed E-state index contributed by atoms with van der Waals surface area (Å²) in [6, 6.07) is 7.23. The average Bonchev–Trinajstić information content (AvgIpc) is 2.17. The van der Waals surface area contributed by atoms with Gasteiger partial charge >= 0.3 is 0 Å². The predicted molar refractivity (Wildman–Crippen MR) is 71.6 cm³/mol. The third-order valence-electron chi connectivity index (χ3n) is 2.53. The summed E-state index contributed by atoms with van der Waals surface area (Å²) < 4.78 is 0. The molecule has 0 atom stereocenters. The number of hydrogen-bond donors (Lipinski definition) is 1. The molecule has 0 radical (unpaired) electrons. The van der Waals surface area contributed by atoms with Crippen molar-refractivity contribution in [1.29, 1.82) is 0 Å². The molecular formula is C14H16ClNO. The maximum atomic E-state index is 9.96. The summed E-state index contributed by atoms with van der Waals surface area (Å²) in [5.74, 6) is 0.245. The number of benzene rings is 1. The van der Waals surface area contributed by atoms with Crippen molar-refractivity contribution in [3.8, 4) is 5.75 Å². The van der Waals surface area contributed by atoms with Crippen LogP contribution in [0.1, 0.15) is 26.5 Å². The van der Waals surface area contributed by atoms with Crippen molar-refractivity contribution in [3.63, 3.8) is 0 Å². The van der Waals surface area contributed by atoms with Gasteiger partial charge in [0.05, 0.1) is 11.2 Å². The van der Waals surface area contributed by atoms with Gasteiger partial charge in [0, 0.05) is 10.4 Å². The maximum Gasteiger partial charge on any atom is 0.137 e. The van der Waals surface area contributed by atoms with Crippen LogP contribution >= 0.6 is 11.6 Å². The van der Waals surface area contributed by atoms with Crippen LogP contribution in [0, 0.1) is 5.41 Å². The van der Waals surface area contributed by atoms with E-state index in [1.54, 1.807) is 6.07 Å². The molecule has 1 aromatic heterocycles. The predicted octanol–water partition coefficient (Wildman–Crippen LogP) is 4.18. The van der Waals surface area contributed by atoms with Gasteiger partial charge in [0.2, 0.25) is 0 Å². The summed E-state index contributed by atoms with van der Waals surface area (Å²) in [5, 5.41) is 11.5. The fourth-order valence-corrected chi connectivity index (χ4v) is 1.99. The van der Waals surface area contributed by atoms with Crippen molar-refractivity contribution >= 4 is 22.5 Å². The van der Waals surface area contributed by atoms with Crippen LogP contribution in [-0.4, -0.2) is 10.1 Å². The molecule has 17 heavy (non-hydrogen) atoms. The second-order valence-electron chi connectivity index (χ2n) is 5.53. The maximum absolute atomic E-state index is 9.96. The van der Waals surface area contributed by atoms with Crippen LogP contribution in [0.2, 0.25) is 5.02 Å². The second-order valence-corrected chi connectivity index (χ2v) is 5.97. The molecule has 3 heteroatoms. The number of hydrogen-bond acceptors (Lipinski definition) is 2. The van der Waals surface area contributed by atoms with E-state index in [0.29, 0.717) is 5.02 Å². The van der Waals surface area contributed by atoms with Gasteiger partial charge in [-0.05, 0) is 36.1 Å². The smallest absolute Gasteiger partial charge is 0.137 e. The van der Waals surface area contributed by atoms with Crippen LogP contribution in [0.5, 0.6) is 5.75 Å². The van der Waals surface area contributed by atoms with Gasteiger partial charge in [0.15, 0.2) is 0 Å². The molecule has 0 saturated carbocycles. The summed E-state index contributed by atoms with van der Waals surface area (Å²) in [5.41, 5.74) is 1.71. The van der Waals surface area contributed by atoms with Crippen LogP contribution in [0.15, 0.2) is 24.3 Å².